The summed E-state index contributed by atoms with van der Waals surface area (Å²) >= 11 is 1.24. The highest BCUT2D eigenvalue weighted by atomic mass is 32.1. The molecular formula is C13H20N4OS. The van der Waals surface area contributed by atoms with Gasteiger partial charge in [0, 0.05) is 13.6 Å². The number of anilines is 2. The van der Waals surface area contributed by atoms with Crippen LogP contribution in [0.1, 0.15) is 47.8 Å². The lowest BCUT2D eigenvalue weighted by molar-refractivity contribution is 0.0965. The van der Waals surface area contributed by atoms with E-state index in [1.54, 1.807) is 7.05 Å². The van der Waals surface area contributed by atoms with Crippen LogP contribution in [0.5, 0.6) is 0 Å². The molecule has 0 saturated heterocycles. The van der Waals surface area contributed by atoms with Crippen LogP contribution in [0, 0.1) is 11.3 Å². The van der Waals surface area contributed by atoms with Crippen LogP contribution in [0.25, 0.3) is 0 Å². The van der Waals surface area contributed by atoms with Gasteiger partial charge in [-0.05, 0) is 6.42 Å². The summed E-state index contributed by atoms with van der Waals surface area (Å²) in [6, 6.07) is 2.02. The fourth-order valence-corrected chi connectivity index (χ4v) is 2.70. The standard InChI is InChI=1S/C13H20N4OS/c1-3-4-5-6-7-17-13-10(12(18)16-2)11(15)9(8-14)19-13/h17H,3-7,15H2,1-2H3,(H,16,18). The third kappa shape index (κ3) is 3.86. The average Bonchev–Trinajstić information content (AvgIpc) is 2.74. The fraction of sp³-hybridized carbons (Fsp3) is 0.538. The van der Waals surface area contributed by atoms with Gasteiger partial charge in [-0.15, -0.1) is 11.3 Å². The van der Waals surface area contributed by atoms with E-state index in [9.17, 15) is 4.79 Å². The number of hydrogen-bond donors (Lipinski definition) is 3. The Morgan fingerprint density at radius 2 is 2.16 bits per heavy atom. The lowest BCUT2D eigenvalue weighted by atomic mass is 10.2. The molecule has 0 unspecified atom stereocenters. The molecule has 104 valence electrons. The van der Waals surface area contributed by atoms with Crippen LogP contribution in [0.4, 0.5) is 10.7 Å². The Labute approximate surface area is 117 Å². The van der Waals surface area contributed by atoms with Crippen molar-refractivity contribution in [2.24, 2.45) is 0 Å². The second-order valence-corrected chi connectivity index (χ2v) is 5.25. The predicted molar refractivity (Wildman–Crippen MR) is 79.5 cm³/mol. The molecule has 0 fully saturated rings. The molecule has 5 nitrogen and oxygen atoms in total. The lowest BCUT2D eigenvalue weighted by Gasteiger charge is -2.06. The fourth-order valence-electron chi connectivity index (χ4n) is 1.76. The number of nitriles is 1. The van der Waals surface area contributed by atoms with Crippen molar-refractivity contribution in [2.75, 3.05) is 24.6 Å². The van der Waals surface area contributed by atoms with E-state index in [1.807, 2.05) is 6.07 Å². The zero-order valence-electron chi connectivity index (χ0n) is 11.4. The first kappa shape index (κ1) is 15.3. The van der Waals surface area contributed by atoms with Crippen molar-refractivity contribution in [2.45, 2.75) is 32.6 Å². The molecule has 6 heteroatoms. The molecule has 0 saturated carbocycles. The van der Waals surface area contributed by atoms with Crippen LogP contribution < -0.4 is 16.4 Å². The molecule has 1 heterocycles. The Morgan fingerprint density at radius 1 is 1.42 bits per heavy atom. The minimum Gasteiger partial charge on any atom is -0.396 e. The lowest BCUT2D eigenvalue weighted by Crippen LogP contribution is -2.20. The van der Waals surface area contributed by atoms with Crippen LogP contribution in [0.2, 0.25) is 0 Å². The van der Waals surface area contributed by atoms with Crippen molar-refractivity contribution < 1.29 is 4.79 Å². The van der Waals surface area contributed by atoms with Crippen molar-refractivity contribution in [3.05, 3.63) is 10.4 Å². The molecule has 0 aromatic carbocycles. The summed E-state index contributed by atoms with van der Waals surface area (Å²) < 4.78 is 0. The molecule has 0 spiro atoms. The van der Waals surface area contributed by atoms with Crippen molar-refractivity contribution in [3.63, 3.8) is 0 Å². The van der Waals surface area contributed by atoms with Gasteiger partial charge in [0.2, 0.25) is 0 Å². The molecule has 0 aliphatic heterocycles. The van der Waals surface area contributed by atoms with E-state index >= 15 is 0 Å². The van der Waals surface area contributed by atoms with Crippen molar-refractivity contribution in [1.82, 2.24) is 5.32 Å². The number of nitrogens with two attached hydrogens (primary N) is 1. The molecule has 0 atom stereocenters. The Bertz CT molecular complexity index is 476. The quantitative estimate of drug-likeness (QED) is 0.669. The highest BCUT2D eigenvalue weighted by molar-refractivity contribution is 7.17. The van der Waals surface area contributed by atoms with E-state index in [1.165, 1.54) is 24.2 Å². The summed E-state index contributed by atoms with van der Waals surface area (Å²) in [7, 11) is 1.55. The smallest absolute Gasteiger partial charge is 0.256 e. The van der Waals surface area contributed by atoms with Crippen LogP contribution in [-0.4, -0.2) is 19.5 Å². The molecule has 0 radical (unpaired) electrons. The van der Waals surface area contributed by atoms with Crippen LogP contribution in [0.15, 0.2) is 0 Å². The summed E-state index contributed by atoms with van der Waals surface area (Å²) in [6.07, 6.45) is 4.60. The number of nitrogen functional groups attached to an aromatic ring is 1. The molecular weight excluding hydrogens is 260 g/mol. The summed E-state index contributed by atoms with van der Waals surface area (Å²) in [6.45, 7) is 2.95. The molecule has 4 N–H and O–H groups in total. The molecule has 1 rings (SSSR count). The predicted octanol–water partition coefficient (Wildman–Crippen LogP) is 2.55. The van der Waals surface area contributed by atoms with Crippen molar-refractivity contribution in [1.29, 1.82) is 5.26 Å². The maximum Gasteiger partial charge on any atom is 0.256 e. The number of hydrogen-bond acceptors (Lipinski definition) is 5. The number of thiophene rings is 1. The number of nitrogens with zero attached hydrogens (tertiary/aromatic N) is 1. The molecule has 1 aromatic heterocycles. The minimum atomic E-state index is -0.258. The van der Waals surface area contributed by atoms with Gasteiger partial charge in [-0.25, -0.2) is 0 Å². The van der Waals surface area contributed by atoms with Crippen LogP contribution >= 0.6 is 11.3 Å². The summed E-state index contributed by atoms with van der Waals surface area (Å²) in [5, 5.41) is 15.4. The first-order valence-corrected chi connectivity index (χ1v) is 7.25. The van der Waals surface area contributed by atoms with Crippen molar-refractivity contribution >= 4 is 27.9 Å². The average molecular weight is 280 g/mol. The molecule has 0 bridgehead atoms. The summed E-state index contributed by atoms with van der Waals surface area (Å²) in [5.41, 5.74) is 6.49. The number of carbonyl (C=O) groups is 1. The number of amides is 1. The highest BCUT2D eigenvalue weighted by Gasteiger charge is 2.20. The van der Waals surface area contributed by atoms with E-state index in [0.29, 0.717) is 15.4 Å². The van der Waals surface area contributed by atoms with E-state index in [-0.39, 0.29) is 11.6 Å². The first-order valence-electron chi connectivity index (χ1n) is 6.44. The van der Waals surface area contributed by atoms with Gasteiger partial charge in [0.15, 0.2) is 0 Å². The third-order valence-corrected chi connectivity index (χ3v) is 3.88. The Kier molecular flexibility index (Phi) is 6.16. The zero-order valence-corrected chi connectivity index (χ0v) is 12.2. The second-order valence-electron chi connectivity index (χ2n) is 4.23. The van der Waals surface area contributed by atoms with Crippen LogP contribution in [0.3, 0.4) is 0 Å². The first-order chi connectivity index (χ1) is 9.15. The minimum absolute atomic E-state index is 0.258. The number of nitrogens with one attached hydrogen (secondary N) is 2. The van der Waals surface area contributed by atoms with Gasteiger partial charge < -0.3 is 16.4 Å². The molecule has 1 amide bonds. The zero-order chi connectivity index (χ0) is 14.3. The van der Waals surface area contributed by atoms with Crippen molar-refractivity contribution in [3.8, 4) is 6.07 Å². The SMILES string of the molecule is CCCCCCNc1sc(C#N)c(N)c1C(=O)NC. The van der Waals surface area contributed by atoms with Gasteiger partial charge in [0.1, 0.15) is 15.9 Å². The van der Waals surface area contributed by atoms with Gasteiger partial charge in [0.25, 0.3) is 5.91 Å². The summed E-state index contributed by atoms with van der Waals surface area (Å²) in [5.74, 6) is -0.258. The second kappa shape index (κ2) is 7.64. The molecule has 0 aliphatic rings. The van der Waals surface area contributed by atoms with Gasteiger partial charge in [0.05, 0.1) is 11.3 Å². The maximum atomic E-state index is 11.8. The summed E-state index contributed by atoms with van der Waals surface area (Å²) in [4.78, 5) is 12.2. The number of carbonyl (C=O) groups excluding carboxylic acids is 1. The Balaban J connectivity index is 2.76. The topological polar surface area (TPSA) is 90.9 Å². The Hall–Kier alpha value is -1.74. The largest absolute Gasteiger partial charge is 0.396 e. The monoisotopic (exact) mass is 280 g/mol. The highest BCUT2D eigenvalue weighted by Crippen LogP contribution is 2.35. The number of unbranched alkanes of at least 4 members (excludes halogenated alkanes) is 3. The number of rotatable bonds is 7. The van der Waals surface area contributed by atoms with Crippen LogP contribution in [-0.2, 0) is 0 Å². The van der Waals surface area contributed by atoms with E-state index in [4.69, 9.17) is 11.0 Å². The van der Waals surface area contributed by atoms with Gasteiger partial charge in [-0.2, -0.15) is 5.26 Å². The molecule has 1 aromatic rings. The third-order valence-electron chi connectivity index (χ3n) is 2.82. The van der Waals surface area contributed by atoms with Gasteiger partial charge in [-0.3, -0.25) is 4.79 Å². The van der Waals surface area contributed by atoms with E-state index in [0.717, 1.165) is 19.4 Å². The maximum absolute atomic E-state index is 11.8. The normalized spacial score (nSPS) is 9.95. The molecule has 0 aliphatic carbocycles. The van der Waals surface area contributed by atoms with Gasteiger partial charge in [-0.1, -0.05) is 26.2 Å². The Morgan fingerprint density at radius 3 is 2.74 bits per heavy atom. The van der Waals surface area contributed by atoms with E-state index in [2.05, 4.69) is 17.6 Å². The van der Waals surface area contributed by atoms with E-state index < -0.39 is 0 Å². The van der Waals surface area contributed by atoms with Gasteiger partial charge >= 0.3 is 0 Å². The molecule has 19 heavy (non-hydrogen) atoms.